The molecule has 0 heterocycles. The van der Waals surface area contributed by atoms with Crippen LogP contribution >= 0.6 is 0 Å². The highest BCUT2D eigenvalue weighted by atomic mass is 16.5. The van der Waals surface area contributed by atoms with Gasteiger partial charge in [0.1, 0.15) is 5.54 Å². The molecule has 2 amide bonds. The van der Waals surface area contributed by atoms with Gasteiger partial charge in [0, 0.05) is 12.6 Å². The van der Waals surface area contributed by atoms with E-state index in [0.29, 0.717) is 24.1 Å². The Kier molecular flexibility index (Phi) is 6.94. The minimum atomic E-state index is -0.969. The summed E-state index contributed by atoms with van der Waals surface area (Å²) in [7, 11) is 0. The van der Waals surface area contributed by atoms with Crippen molar-refractivity contribution in [2.24, 2.45) is 0 Å². The largest absolute Gasteiger partial charge is 0.452 e. The van der Waals surface area contributed by atoms with Gasteiger partial charge in [-0.25, -0.2) is 0 Å². The molecule has 7 nitrogen and oxygen atoms in total. The number of hydrogen-bond donors (Lipinski definition) is 2. The van der Waals surface area contributed by atoms with Gasteiger partial charge in [-0.3, -0.25) is 14.4 Å². The molecule has 144 valence electrons. The molecule has 1 aromatic rings. The van der Waals surface area contributed by atoms with E-state index < -0.39 is 23.5 Å². The zero-order chi connectivity index (χ0) is 19.9. The molecular formula is C20H25N3O4. The second-order valence-electron chi connectivity index (χ2n) is 6.93. The fraction of sp³-hybridized carbons (Fsp3) is 0.500. The second kappa shape index (κ2) is 9.17. The van der Waals surface area contributed by atoms with E-state index >= 15 is 0 Å². The van der Waals surface area contributed by atoms with Crippen molar-refractivity contribution in [1.29, 1.82) is 5.26 Å². The topological polar surface area (TPSA) is 108 Å². The molecule has 7 heteroatoms. The molecule has 2 N–H and O–H groups in total. The Labute approximate surface area is 159 Å². The van der Waals surface area contributed by atoms with Crippen LogP contribution in [0.2, 0.25) is 0 Å². The number of nitrogens with one attached hydrogen (secondary N) is 2. The molecule has 0 saturated heterocycles. The molecule has 0 bridgehead atoms. The number of carbonyl (C=O) groups excluding carboxylic acids is 3. The van der Waals surface area contributed by atoms with Gasteiger partial charge in [-0.05, 0) is 37.5 Å². The van der Waals surface area contributed by atoms with Crippen LogP contribution in [0.15, 0.2) is 24.3 Å². The summed E-state index contributed by atoms with van der Waals surface area (Å²) in [5.41, 5.74) is 0.499. The maximum atomic E-state index is 12.3. The van der Waals surface area contributed by atoms with E-state index in [-0.39, 0.29) is 12.3 Å². The SMILES string of the molecule is CC(=O)Nc1ccc(CC(=O)O[C@@H](C)C(=O)NC2(C#N)CCCCC2)cc1. The van der Waals surface area contributed by atoms with Crippen LogP contribution in [-0.2, 0) is 25.5 Å². The van der Waals surface area contributed by atoms with E-state index in [2.05, 4.69) is 16.7 Å². The van der Waals surface area contributed by atoms with E-state index in [1.165, 1.54) is 13.8 Å². The zero-order valence-electron chi connectivity index (χ0n) is 15.7. The van der Waals surface area contributed by atoms with Gasteiger partial charge in [0.2, 0.25) is 5.91 Å². The molecule has 0 aromatic heterocycles. The smallest absolute Gasteiger partial charge is 0.311 e. The summed E-state index contributed by atoms with van der Waals surface area (Å²) in [5, 5.41) is 14.8. The van der Waals surface area contributed by atoms with Crippen LogP contribution < -0.4 is 10.6 Å². The summed E-state index contributed by atoms with van der Waals surface area (Å²) in [6.07, 6.45) is 3.15. The number of ether oxygens (including phenoxy) is 1. The number of nitrogens with zero attached hydrogens (tertiary/aromatic N) is 1. The van der Waals surface area contributed by atoms with Gasteiger partial charge in [0.05, 0.1) is 12.5 Å². The van der Waals surface area contributed by atoms with E-state index in [0.717, 1.165) is 19.3 Å². The number of carbonyl (C=O) groups is 3. The molecule has 1 saturated carbocycles. The average Bonchev–Trinajstić information content (AvgIpc) is 2.63. The highest BCUT2D eigenvalue weighted by molar-refractivity contribution is 5.88. The van der Waals surface area contributed by atoms with Crippen molar-refractivity contribution in [3.05, 3.63) is 29.8 Å². The Morgan fingerprint density at radius 3 is 2.37 bits per heavy atom. The van der Waals surface area contributed by atoms with E-state index in [4.69, 9.17) is 4.74 Å². The van der Waals surface area contributed by atoms with Crippen molar-refractivity contribution in [3.8, 4) is 6.07 Å². The Bertz CT molecular complexity index is 731. The lowest BCUT2D eigenvalue weighted by Gasteiger charge is -2.32. The minimum Gasteiger partial charge on any atom is -0.452 e. The van der Waals surface area contributed by atoms with Crippen LogP contribution in [0.3, 0.4) is 0 Å². The van der Waals surface area contributed by atoms with Gasteiger partial charge < -0.3 is 15.4 Å². The maximum Gasteiger partial charge on any atom is 0.311 e. The van der Waals surface area contributed by atoms with Crippen LogP contribution in [0.4, 0.5) is 5.69 Å². The highest BCUT2D eigenvalue weighted by Gasteiger charge is 2.35. The molecule has 2 rings (SSSR count). The molecule has 1 fully saturated rings. The summed E-state index contributed by atoms with van der Waals surface area (Å²) < 4.78 is 5.21. The van der Waals surface area contributed by atoms with Crippen molar-refractivity contribution in [2.45, 2.75) is 64.0 Å². The minimum absolute atomic E-state index is 0.0152. The predicted molar refractivity (Wildman–Crippen MR) is 99.6 cm³/mol. The maximum absolute atomic E-state index is 12.3. The van der Waals surface area contributed by atoms with Gasteiger partial charge in [0.25, 0.3) is 5.91 Å². The fourth-order valence-corrected chi connectivity index (χ4v) is 3.13. The molecule has 0 spiro atoms. The first kappa shape index (κ1) is 20.4. The normalized spacial score (nSPS) is 16.5. The Hall–Kier alpha value is -2.88. The van der Waals surface area contributed by atoms with Crippen molar-refractivity contribution in [3.63, 3.8) is 0 Å². The second-order valence-corrected chi connectivity index (χ2v) is 6.93. The molecule has 1 aromatic carbocycles. The molecule has 0 aliphatic heterocycles. The van der Waals surface area contributed by atoms with Gasteiger partial charge in [-0.1, -0.05) is 31.4 Å². The van der Waals surface area contributed by atoms with Gasteiger partial charge >= 0.3 is 5.97 Å². The molecular weight excluding hydrogens is 346 g/mol. The third-order valence-electron chi connectivity index (χ3n) is 4.58. The van der Waals surface area contributed by atoms with Crippen LogP contribution in [0, 0.1) is 11.3 Å². The first-order valence-electron chi connectivity index (χ1n) is 9.13. The van der Waals surface area contributed by atoms with Crippen molar-refractivity contribution in [2.75, 3.05) is 5.32 Å². The van der Waals surface area contributed by atoms with E-state index in [1.54, 1.807) is 24.3 Å². The molecule has 1 aliphatic rings. The monoisotopic (exact) mass is 371 g/mol. The summed E-state index contributed by atoms with van der Waals surface area (Å²) in [6.45, 7) is 2.92. The number of rotatable bonds is 6. The first-order valence-corrected chi connectivity index (χ1v) is 9.13. The summed E-state index contributed by atoms with van der Waals surface area (Å²) in [5.74, 6) is -1.15. The van der Waals surface area contributed by atoms with Crippen molar-refractivity contribution in [1.82, 2.24) is 5.32 Å². The number of amides is 2. The summed E-state index contributed by atoms with van der Waals surface area (Å²) in [6, 6.07) is 9.03. The Balaban J connectivity index is 1.86. The lowest BCUT2D eigenvalue weighted by Crippen LogP contribution is -2.52. The summed E-state index contributed by atoms with van der Waals surface area (Å²) in [4.78, 5) is 35.4. The first-order chi connectivity index (χ1) is 12.8. The van der Waals surface area contributed by atoms with Gasteiger partial charge in [-0.15, -0.1) is 0 Å². The van der Waals surface area contributed by atoms with E-state index in [9.17, 15) is 19.6 Å². The molecule has 27 heavy (non-hydrogen) atoms. The molecule has 1 aliphatic carbocycles. The number of benzene rings is 1. The van der Waals surface area contributed by atoms with Gasteiger partial charge in [-0.2, -0.15) is 5.26 Å². The van der Waals surface area contributed by atoms with Crippen LogP contribution in [0.1, 0.15) is 51.5 Å². The third-order valence-corrected chi connectivity index (χ3v) is 4.58. The summed E-state index contributed by atoms with van der Waals surface area (Å²) >= 11 is 0. The van der Waals surface area contributed by atoms with Crippen molar-refractivity contribution >= 4 is 23.5 Å². The molecule has 1 atom stereocenters. The lowest BCUT2D eigenvalue weighted by molar-refractivity contribution is -0.154. The van der Waals surface area contributed by atoms with Gasteiger partial charge in [0.15, 0.2) is 6.10 Å². The molecule has 0 radical (unpaired) electrons. The zero-order valence-corrected chi connectivity index (χ0v) is 15.7. The predicted octanol–water partition coefficient (Wildman–Crippen LogP) is 2.46. The third kappa shape index (κ3) is 6.10. The van der Waals surface area contributed by atoms with Crippen LogP contribution in [0.5, 0.6) is 0 Å². The fourth-order valence-electron chi connectivity index (χ4n) is 3.13. The van der Waals surface area contributed by atoms with Crippen LogP contribution in [-0.4, -0.2) is 29.4 Å². The lowest BCUT2D eigenvalue weighted by atomic mass is 9.83. The van der Waals surface area contributed by atoms with E-state index in [1.807, 2.05) is 0 Å². The number of anilines is 1. The quantitative estimate of drug-likeness (QED) is 0.747. The number of hydrogen-bond acceptors (Lipinski definition) is 5. The number of esters is 1. The number of nitriles is 1. The molecule has 0 unspecified atom stereocenters. The Morgan fingerprint density at radius 2 is 1.81 bits per heavy atom. The Morgan fingerprint density at radius 1 is 1.19 bits per heavy atom. The highest BCUT2D eigenvalue weighted by Crippen LogP contribution is 2.27. The van der Waals surface area contributed by atoms with Crippen molar-refractivity contribution < 1.29 is 19.1 Å². The standard InChI is InChI=1S/C20H25N3O4/c1-14(19(26)23-20(13-21)10-4-3-5-11-20)27-18(25)12-16-6-8-17(9-7-16)22-15(2)24/h6-9,14H,3-5,10-12H2,1-2H3,(H,22,24)(H,23,26)/t14-/m0/s1. The van der Waals surface area contributed by atoms with Crippen LogP contribution in [0.25, 0.3) is 0 Å². The average molecular weight is 371 g/mol.